The second-order valence-electron chi connectivity index (χ2n) is 9.20. The Labute approximate surface area is 230 Å². The summed E-state index contributed by atoms with van der Waals surface area (Å²) < 4.78 is 72.5. The molecular weight excluding hydrogens is 550 g/mol. The van der Waals surface area contributed by atoms with Crippen LogP contribution in [0.25, 0.3) is 11.1 Å². The first-order chi connectivity index (χ1) is 18.9. The van der Waals surface area contributed by atoms with Crippen molar-refractivity contribution in [1.82, 2.24) is 14.9 Å². The summed E-state index contributed by atoms with van der Waals surface area (Å²) in [5.41, 5.74) is 4.18. The number of nitrogens with zero attached hydrogens (tertiary/aromatic N) is 1. The lowest BCUT2D eigenvalue weighted by atomic mass is 10.0. The molecule has 1 aliphatic rings. The molecule has 1 aliphatic heterocycles. The number of hydrogen-bond acceptors (Lipinski definition) is 5. The van der Waals surface area contributed by atoms with E-state index in [2.05, 4.69) is 27.1 Å². The number of carbonyl (C=O) groups is 1. The van der Waals surface area contributed by atoms with Gasteiger partial charge >= 0.3 is 12.1 Å². The fourth-order valence-electron chi connectivity index (χ4n) is 4.02. The van der Waals surface area contributed by atoms with Crippen molar-refractivity contribution in [2.75, 3.05) is 26.2 Å². The van der Waals surface area contributed by atoms with Crippen LogP contribution in [0.15, 0.2) is 77.7 Å². The molecule has 1 fully saturated rings. The van der Waals surface area contributed by atoms with Gasteiger partial charge in [-0.05, 0) is 72.5 Å². The number of carboxylic acids is 1. The minimum atomic E-state index is -5.08. The summed E-state index contributed by atoms with van der Waals surface area (Å²) in [7, 11) is -3.50. The van der Waals surface area contributed by atoms with E-state index in [9.17, 15) is 26.0 Å². The molecule has 12 heteroatoms. The first kappa shape index (κ1) is 31.2. The highest BCUT2D eigenvalue weighted by Crippen LogP contribution is 2.22. The fourth-order valence-corrected chi connectivity index (χ4v) is 5.04. The maximum absolute atomic E-state index is 13.0. The van der Waals surface area contributed by atoms with Crippen LogP contribution in [0.3, 0.4) is 0 Å². The third kappa shape index (κ3) is 10.0. The number of likely N-dealkylation sites (tertiary alicyclic amines) is 1. The summed E-state index contributed by atoms with van der Waals surface area (Å²) in [6.45, 7) is 4.67. The van der Waals surface area contributed by atoms with Gasteiger partial charge in [-0.1, -0.05) is 48.5 Å². The number of alkyl halides is 3. The molecule has 0 amide bonds. The molecule has 3 aromatic rings. The van der Waals surface area contributed by atoms with Gasteiger partial charge in [-0.3, -0.25) is 0 Å². The van der Waals surface area contributed by atoms with Crippen molar-refractivity contribution < 1.29 is 35.9 Å². The van der Waals surface area contributed by atoms with Crippen molar-refractivity contribution >= 4 is 16.0 Å². The molecule has 40 heavy (non-hydrogen) atoms. The molecule has 0 saturated carbocycles. The number of aliphatic carboxylic acids is 1. The van der Waals surface area contributed by atoms with Gasteiger partial charge in [-0.15, -0.1) is 0 Å². The first-order valence-corrected chi connectivity index (χ1v) is 14.1. The van der Waals surface area contributed by atoms with Crippen LogP contribution >= 0.6 is 0 Å². The minimum Gasteiger partial charge on any atom is -0.475 e. The van der Waals surface area contributed by atoms with E-state index in [1.807, 2.05) is 24.3 Å². The van der Waals surface area contributed by atoms with Gasteiger partial charge in [-0.2, -0.15) is 13.2 Å². The Morgan fingerprint density at radius 3 is 1.75 bits per heavy atom. The van der Waals surface area contributed by atoms with Crippen LogP contribution in [0, 0.1) is 5.82 Å². The van der Waals surface area contributed by atoms with Crippen LogP contribution in [0.4, 0.5) is 17.6 Å². The second-order valence-corrected chi connectivity index (χ2v) is 11.0. The number of carboxylic acid groups (broad SMARTS) is 1. The van der Waals surface area contributed by atoms with E-state index >= 15 is 0 Å². The Kier molecular flexibility index (Phi) is 11.2. The molecule has 0 spiro atoms. The molecule has 0 bridgehead atoms. The number of halogens is 4. The van der Waals surface area contributed by atoms with Gasteiger partial charge in [0.15, 0.2) is 0 Å². The molecule has 0 unspecified atom stereocenters. The molecule has 1 heterocycles. The Morgan fingerprint density at radius 1 is 0.825 bits per heavy atom. The monoisotopic (exact) mass is 581 g/mol. The molecule has 3 aromatic carbocycles. The molecule has 216 valence electrons. The molecule has 0 radical (unpaired) electrons. The molecule has 0 aliphatic carbocycles. The van der Waals surface area contributed by atoms with Crippen LogP contribution in [0.2, 0.25) is 0 Å². The van der Waals surface area contributed by atoms with Gasteiger partial charge in [-0.25, -0.2) is 22.3 Å². The number of rotatable bonds is 10. The van der Waals surface area contributed by atoms with Crippen LogP contribution in [0.1, 0.15) is 24.0 Å². The smallest absolute Gasteiger partial charge is 0.475 e. The van der Waals surface area contributed by atoms with Crippen LogP contribution in [-0.2, 0) is 27.9 Å². The second kappa shape index (κ2) is 14.4. The Balaban J connectivity index is 0.000000559. The van der Waals surface area contributed by atoms with Crippen molar-refractivity contribution in [1.29, 1.82) is 0 Å². The van der Waals surface area contributed by atoms with Crippen molar-refractivity contribution in [2.24, 2.45) is 0 Å². The highest BCUT2D eigenvalue weighted by molar-refractivity contribution is 7.89. The largest absolute Gasteiger partial charge is 0.490 e. The van der Waals surface area contributed by atoms with Crippen LogP contribution in [-0.4, -0.2) is 56.7 Å². The van der Waals surface area contributed by atoms with Gasteiger partial charge in [0.05, 0.1) is 4.90 Å². The average Bonchev–Trinajstić information content (AvgIpc) is 3.44. The Bertz CT molecular complexity index is 1330. The van der Waals surface area contributed by atoms with Gasteiger partial charge in [0.25, 0.3) is 0 Å². The van der Waals surface area contributed by atoms with E-state index in [1.54, 1.807) is 24.3 Å². The van der Waals surface area contributed by atoms with E-state index in [-0.39, 0.29) is 10.7 Å². The SMILES string of the molecule is O=C(O)C(F)(F)F.O=S(=O)(NCCN1CCCC1)c1ccc(-c2ccc(CNCc3ccc(F)cc3)cc2)cc1. The number of sulfonamides is 1. The minimum absolute atomic E-state index is 0.228. The van der Waals surface area contributed by atoms with Gasteiger partial charge in [0.1, 0.15) is 5.82 Å². The van der Waals surface area contributed by atoms with Gasteiger partial charge in [0.2, 0.25) is 10.0 Å². The Hall–Kier alpha value is -3.32. The summed E-state index contributed by atoms with van der Waals surface area (Å²) >= 11 is 0. The fraction of sp³-hybridized carbons (Fsp3) is 0.321. The summed E-state index contributed by atoms with van der Waals surface area (Å²) in [5.74, 6) is -2.98. The molecule has 1 saturated heterocycles. The highest BCUT2D eigenvalue weighted by atomic mass is 32.2. The predicted molar refractivity (Wildman–Crippen MR) is 143 cm³/mol. The lowest BCUT2D eigenvalue weighted by Crippen LogP contribution is -2.33. The maximum atomic E-state index is 13.0. The van der Waals surface area contributed by atoms with Crippen molar-refractivity contribution in [3.05, 3.63) is 89.7 Å². The molecule has 0 atom stereocenters. The maximum Gasteiger partial charge on any atom is 0.490 e. The van der Waals surface area contributed by atoms with E-state index in [0.717, 1.165) is 41.9 Å². The standard InChI is InChI=1S/C26H30FN3O2S.C2HF3O2/c27-25-11-5-22(6-12-25)20-28-19-21-3-7-23(8-4-21)24-9-13-26(14-10-24)33(31,32)29-15-18-30-16-1-2-17-30;3-2(4,5)1(6)7/h3-14,28-29H,1-2,15-20H2;(H,6,7). The quantitative estimate of drug-likeness (QED) is 0.298. The van der Waals surface area contributed by atoms with Crippen LogP contribution < -0.4 is 10.0 Å². The topological polar surface area (TPSA) is 98.7 Å². The lowest BCUT2D eigenvalue weighted by molar-refractivity contribution is -0.192. The zero-order valence-corrected chi connectivity index (χ0v) is 22.4. The molecule has 4 rings (SSSR count). The molecule has 7 nitrogen and oxygen atoms in total. The van der Waals surface area contributed by atoms with E-state index in [4.69, 9.17) is 9.90 Å². The predicted octanol–water partition coefficient (Wildman–Crippen LogP) is 4.79. The van der Waals surface area contributed by atoms with Crippen molar-refractivity contribution in [2.45, 2.75) is 37.0 Å². The zero-order valence-electron chi connectivity index (χ0n) is 21.6. The van der Waals surface area contributed by atoms with Crippen LogP contribution in [0.5, 0.6) is 0 Å². The normalized spacial score (nSPS) is 14.0. The number of nitrogens with one attached hydrogen (secondary N) is 2. The Morgan fingerprint density at radius 2 is 1.27 bits per heavy atom. The number of hydrogen-bond donors (Lipinski definition) is 3. The first-order valence-electron chi connectivity index (χ1n) is 12.6. The zero-order chi connectivity index (χ0) is 29.2. The molecular formula is C28H31F4N3O4S. The summed E-state index contributed by atoms with van der Waals surface area (Å²) in [6, 6.07) is 21.7. The summed E-state index contributed by atoms with van der Waals surface area (Å²) in [5, 5.41) is 10.5. The lowest BCUT2D eigenvalue weighted by Gasteiger charge is -2.15. The van der Waals surface area contributed by atoms with E-state index in [0.29, 0.717) is 19.6 Å². The van der Waals surface area contributed by atoms with Gasteiger partial charge < -0.3 is 15.3 Å². The average molecular weight is 582 g/mol. The highest BCUT2D eigenvalue weighted by Gasteiger charge is 2.38. The summed E-state index contributed by atoms with van der Waals surface area (Å²) in [6.07, 6.45) is -2.69. The molecule has 0 aromatic heterocycles. The van der Waals surface area contributed by atoms with E-state index < -0.39 is 22.2 Å². The van der Waals surface area contributed by atoms with E-state index in [1.165, 1.54) is 25.0 Å². The third-order valence-electron chi connectivity index (χ3n) is 6.18. The molecule has 3 N–H and O–H groups in total. The van der Waals surface area contributed by atoms with Gasteiger partial charge in [0, 0.05) is 26.2 Å². The van der Waals surface area contributed by atoms with Crippen molar-refractivity contribution in [3.8, 4) is 11.1 Å². The third-order valence-corrected chi connectivity index (χ3v) is 7.66. The van der Waals surface area contributed by atoms with Crippen molar-refractivity contribution in [3.63, 3.8) is 0 Å². The summed E-state index contributed by atoms with van der Waals surface area (Å²) in [4.78, 5) is 11.5. The number of benzene rings is 3.